The highest BCUT2D eigenvalue weighted by molar-refractivity contribution is 7.99. The van der Waals surface area contributed by atoms with Gasteiger partial charge in [-0.2, -0.15) is 0 Å². The molecule has 0 saturated heterocycles. The molecule has 1 unspecified atom stereocenters. The van der Waals surface area contributed by atoms with Crippen molar-refractivity contribution in [2.24, 2.45) is 0 Å². The highest BCUT2D eigenvalue weighted by atomic mass is 32.2. The van der Waals surface area contributed by atoms with Crippen LogP contribution in [0.1, 0.15) is 36.7 Å². The van der Waals surface area contributed by atoms with Gasteiger partial charge in [0.05, 0.1) is 11.8 Å². The van der Waals surface area contributed by atoms with E-state index in [1.807, 2.05) is 13.8 Å². The van der Waals surface area contributed by atoms with Crippen molar-refractivity contribution < 1.29 is 4.79 Å². The minimum Gasteiger partial charge on any atom is -0.384 e. The first-order valence-corrected chi connectivity index (χ1v) is 8.58. The summed E-state index contributed by atoms with van der Waals surface area (Å²) in [6, 6.07) is 9.97. The number of hydrogen-bond acceptors (Lipinski definition) is 5. The van der Waals surface area contributed by atoms with Gasteiger partial charge in [0.25, 0.3) is 0 Å². The second-order valence-electron chi connectivity index (χ2n) is 5.39. The molecule has 3 N–H and O–H groups in total. The van der Waals surface area contributed by atoms with E-state index in [0.29, 0.717) is 11.0 Å². The summed E-state index contributed by atoms with van der Waals surface area (Å²) in [5.41, 5.74) is 8.86. The van der Waals surface area contributed by atoms with Crippen LogP contribution in [0.25, 0.3) is 0 Å². The van der Waals surface area contributed by atoms with Gasteiger partial charge in [-0.1, -0.05) is 43.0 Å². The standard InChI is InChI=1S/C17H22N4OS/c1-4-13-5-7-14(8-6-13)12(3)20-16(22)10-23-17-19-11(2)9-15(18)21-17/h5-9,12H,4,10H2,1-3H3,(H,20,22)(H2,18,19,21). The van der Waals surface area contributed by atoms with Gasteiger partial charge in [0.15, 0.2) is 5.16 Å². The molecular weight excluding hydrogens is 308 g/mol. The third-order valence-corrected chi connectivity index (χ3v) is 4.30. The Morgan fingerprint density at radius 2 is 2.00 bits per heavy atom. The van der Waals surface area contributed by atoms with Crippen molar-refractivity contribution in [2.45, 2.75) is 38.4 Å². The molecule has 6 heteroatoms. The normalized spacial score (nSPS) is 12.0. The Labute approximate surface area is 141 Å². The van der Waals surface area contributed by atoms with Crippen LogP contribution in [-0.4, -0.2) is 21.6 Å². The zero-order chi connectivity index (χ0) is 16.8. The molecule has 1 atom stereocenters. The molecule has 2 rings (SSSR count). The fraction of sp³-hybridized carbons (Fsp3) is 0.353. The summed E-state index contributed by atoms with van der Waals surface area (Å²) in [4.78, 5) is 20.4. The molecule has 0 fully saturated rings. The van der Waals surface area contributed by atoms with Gasteiger partial charge < -0.3 is 11.1 Å². The number of nitrogens with zero attached hydrogens (tertiary/aromatic N) is 2. The fourth-order valence-electron chi connectivity index (χ4n) is 2.17. The molecule has 0 aliphatic carbocycles. The number of nitrogen functional groups attached to an aromatic ring is 1. The van der Waals surface area contributed by atoms with Crippen LogP contribution in [0, 0.1) is 6.92 Å². The molecule has 2 aromatic rings. The Hall–Kier alpha value is -2.08. The largest absolute Gasteiger partial charge is 0.384 e. The molecule has 0 aliphatic rings. The number of anilines is 1. The van der Waals surface area contributed by atoms with E-state index in [2.05, 4.69) is 46.5 Å². The van der Waals surface area contributed by atoms with Crippen LogP contribution in [0.15, 0.2) is 35.5 Å². The second-order valence-corrected chi connectivity index (χ2v) is 6.33. The highest BCUT2D eigenvalue weighted by Gasteiger charge is 2.11. The Balaban J connectivity index is 1.88. The third kappa shape index (κ3) is 5.25. The molecule has 0 saturated carbocycles. The zero-order valence-electron chi connectivity index (χ0n) is 13.7. The van der Waals surface area contributed by atoms with Gasteiger partial charge in [0, 0.05) is 11.8 Å². The quantitative estimate of drug-likeness (QED) is 0.629. The first-order chi connectivity index (χ1) is 11.0. The first kappa shape index (κ1) is 17.3. The number of thioether (sulfide) groups is 1. The molecule has 23 heavy (non-hydrogen) atoms. The van der Waals surface area contributed by atoms with Crippen molar-refractivity contribution >= 4 is 23.5 Å². The maximum atomic E-state index is 12.1. The summed E-state index contributed by atoms with van der Waals surface area (Å²) < 4.78 is 0. The van der Waals surface area contributed by atoms with Crippen LogP contribution >= 0.6 is 11.8 Å². The first-order valence-electron chi connectivity index (χ1n) is 7.60. The van der Waals surface area contributed by atoms with Crippen molar-refractivity contribution in [3.8, 4) is 0 Å². The fourth-order valence-corrected chi connectivity index (χ4v) is 2.89. The summed E-state index contributed by atoms with van der Waals surface area (Å²) >= 11 is 1.29. The van der Waals surface area contributed by atoms with E-state index in [4.69, 9.17) is 5.73 Å². The maximum absolute atomic E-state index is 12.1. The average molecular weight is 330 g/mol. The number of nitrogens with one attached hydrogen (secondary N) is 1. The van der Waals surface area contributed by atoms with Gasteiger partial charge in [-0.3, -0.25) is 4.79 Å². The van der Waals surface area contributed by atoms with E-state index >= 15 is 0 Å². The van der Waals surface area contributed by atoms with E-state index in [0.717, 1.165) is 17.7 Å². The van der Waals surface area contributed by atoms with Crippen molar-refractivity contribution in [2.75, 3.05) is 11.5 Å². The molecule has 0 aliphatic heterocycles. The van der Waals surface area contributed by atoms with Crippen LogP contribution in [-0.2, 0) is 11.2 Å². The molecule has 0 spiro atoms. The molecule has 1 aromatic heterocycles. The molecule has 1 amide bonds. The SMILES string of the molecule is CCc1ccc(C(C)NC(=O)CSc2nc(C)cc(N)n2)cc1. The van der Waals surface area contributed by atoms with Crippen LogP contribution in [0.5, 0.6) is 0 Å². The Kier molecular flexibility index (Phi) is 5.98. The smallest absolute Gasteiger partial charge is 0.230 e. The number of rotatable bonds is 6. The minimum absolute atomic E-state index is 0.0301. The highest BCUT2D eigenvalue weighted by Crippen LogP contribution is 2.17. The molecule has 1 aromatic carbocycles. The molecular formula is C17H22N4OS. The van der Waals surface area contributed by atoms with Crippen molar-refractivity contribution in [1.29, 1.82) is 0 Å². The van der Waals surface area contributed by atoms with Crippen LogP contribution in [0.3, 0.4) is 0 Å². The van der Waals surface area contributed by atoms with Crippen LogP contribution in [0.4, 0.5) is 5.82 Å². The van der Waals surface area contributed by atoms with Gasteiger partial charge in [0.2, 0.25) is 5.91 Å². The topological polar surface area (TPSA) is 80.9 Å². The lowest BCUT2D eigenvalue weighted by molar-refractivity contribution is -0.119. The van der Waals surface area contributed by atoms with E-state index in [1.165, 1.54) is 17.3 Å². The number of carbonyl (C=O) groups excluding carboxylic acids is 1. The average Bonchev–Trinajstić information content (AvgIpc) is 2.52. The van der Waals surface area contributed by atoms with Crippen LogP contribution in [0.2, 0.25) is 0 Å². The lowest BCUT2D eigenvalue weighted by Gasteiger charge is -2.14. The van der Waals surface area contributed by atoms with Crippen LogP contribution < -0.4 is 11.1 Å². The van der Waals surface area contributed by atoms with E-state index in [-0.39, 0.29) is 17.7 Å². The van der Waals surface area contributed by atoms with Gasteiger partial charge in [0.1, 0.15) is 5.82 Å². The van der Waals surface area contributed by atoms with Crippen molar-refractivity contribution in [3.05, 3.63) is 47.2 Å². The molecule has 0 bridgehead atoms. The summed E-state index contributed by atoms with van der Waals surface area (Å²) in [6.45, 7) is 5.95. The number of aromatic nitrogens is 2. The summed E-state index contributed by atoms with van der Waals surface area (Å²) in [6.07, 6.45) is 1.01. The van der Waals surface area contributed by atoms with Gasteiger partial charge in [-0.25, -0.2) is 9.97 Å². The Morgan fingerprint density at radius 1 is 1.30 bits per heavy atom. The number of aryl methyl sites for hydroxylation is 2. The predicted octanol–water partition coefficient (Wildman–Crippen LogP) is 2.90. The monoisotopic (exact) mass is 330 g/mol. The number of hydrogen-bond donors (Lipinski definition) is 2. The van der Waals surface area contributed by atoms with Gasteiger partial charge >= 0.3 is 0 Å². The predicted molar refractivity (Wildman–Crippen MR) is 94.3 cm³/mol. The summed E-state index contributed by atoms with van der Waals surface area (Å²) in [7, 11) is 0. The number of benzene rings is 1. The Morgan fingerprint density at radius 3 is 2.61 bits per heavy atom. The summed E-state index contributed by atoms with van der Waals surface area (Å²) in [5, 5.41) is 3.51. The lowest BCUT2D eigenvalue weighted by Crippen LogP contribution is -2.28. The Bertz CT molecular complexity index is 653. The zero-order valence-corrected chi connectivity index (χ0v) is 14.5. The number of nitrogens with two attached hydrogens (primary N) is 1. The maximum Gasteiger partial charge on any atom is 0.230 e. The number of amides is 1. The van der Waals surface area contributed by atoms with Gasteiger partial charge in [-0.05, 0) is 31.4 Å². The van der Waals surface area contributed by atoms with E-state index in [1.54, 1.807) is 6.07 Å². The van der Waals surface area contributed by atoms with E-state index in [9.17, 15) is 4.79 Å². The van der Waals surface area contributed by atoms with Gasteiger partial charge in [-0.15, -0.1) is 0 Å². The lowest BCUT2D eigenvalue weighted by atomic mass is 10.1. The summed E-state index contributed by atoms with van der Waals surface area (Å²) in [5.74, 6) is 0.635. The third-order valence-electron chi connectivity index (χ3n) is 3.45. The van der Waals surface area contributed by atoms with Crippen molar-refractivity contribution in [1.82, 2.24) is 15.3 Å². The molecule has 122 valence electrons. The van der Waals surface area contributed by atoms with Crippen molar-refractivity contribution in [3.63, 3.8) is 0 Å². The minimum atomic E-state index is -0.0502. The molecule has 0 radical (unpaired) electrons. The number of carbonyl (C=O) groups is 1. The second kappa shape index (κ2) is 7.97. The molecule has 5 nitrogen and oxygen atoms in total. The van der Waals surface area contributed by atoms with E-state index < -0.39 is 0 Å². The molecule has 1 heterocycles.